The topological polar surface area (TPSA) is 135 Å². The summed E-state index contributed by atoms with van der Waals surface area (Å²) in [6.07, 6.45) is 10.3. The first-order chi connectivity index (χ1) is 17.3. The highest BCUT2D eigenvalue weighted by Gasteiger charge is 2.82. The molecule has 0 radical (unpaired) electrons. The molecule has 3 fully saturated rings. The third-order valence-electron chi connectivity index (χ3n) is 11.6. The van der Waals surface area contributed by atoms with Crippen molar-refractivity contribution in [1.82, 2.24) is 0 Å². The highest BCUT2D eigenvalue weighted by atomic mass is 16.6. The molecule has 0 aliphatic heterocycles. The Morgan fingerprint density at radius 2 is 1.84 bits per heavy atom. The van der Waals surface area contributed by atoms with E-state index < -0.39 is 44.9 Å². The molecule has 5 rings (SSSR count). The fourth-order valence-electron chi connectivity index (χ4n) is 8.98. The number of methoxy groups -OCH3 is 1. The molecule has 0 amide bonds. The summed E-state index contributed by atoms with van der Waals surface area (Å²) in [5.41, 5.74) is 10.0. The maximum atomic E-state index is 13.8. The Morgan fingerprint density at radius 3 is 2.46 bits per heavy atom. The first-order valence-electron chi connectivity index (χ1n) is 13.0. The van der Waals surface area contributed by atoms with E-state index in [1.54, 1.807) is 19.3 Å². The van der Waals surface area contributed by atoms with Gasteiger partial charge in [0.15, 0.2) is 17.2 Å². The lowest BCUT2D eigenvalue weighted by molar-refractivity contribution is -0.251. The number of allylic oxidation sites excluding steroid dienone is 2. The highest BCUT2D eigenvalue weighted by Crippen LogP contribution is 2.78. The summed E-state index contributed by atoms with van der Waals surface area (Å²) in [5, 5.41) is 0. The second-order valence-corrected chi connectivity index (χ2v) is 12.3. The van der Waals surface area contributed by atoms with Crippen molar-refractivity contribution in [2.24, 2.45) is 33.1 Å². The van der Waals surface area contributed by atoms with Gasteiger partial charge in [0.25, 0.3) is 0 Å². The molecule has 1 heterocycles. The molecule has 4 aliphatic rings. The Labute approximate surface area is 217 Å². The van der Waals surface area contributed by atoms with Crippen LogP contribution < -0.4 is 11.5 Å². The van der Waals surface area contributed by atoms with Crippen LogP contribution in [-0.4, -0.2) is 48.4 Å². The van der Waals surface area contributed by atoms with Crippen molar-refractivity contribution in [2.75, 3.05) is 13.7 Å². The van der Waals surface area contributed by atoms with Crippen molar-refractivity contribution >= 4 is 17.5 Å². The molecule has 3 saturated carbocycles. The molecule has 0 unspecified atom stereocenters. The fourth-order valence-corrected chi connectivity index (χ4v) is 8.98. The Hall–Kier alpha value is -2.55. The van der Waals surface area contributed by atoms with Gasteiger partial charge >= 0.3 is 5.97 Å². The van der Waals surface area contributed by atoms with E-state index in [1.807, 2.05) is 13.0 Å². The van der Waals surface area contributed by atoms with Crippen LogP contribution in [0.4, 0.5) is 0 Å². The molecule has 4 aliphatic carbocycles. The lowest BCUT2D eigenvalue weighted by Crippen LogP contribution is -2.82. The molecule has 0 bridgehead atoms. The Kier molecular flexibility index (Phi) is 5.62. The molecule has 7 atom stereocenters. The molecule has 1 aromatic heterocycles. The largest absolute Gasteiger partial charge is 0.472 e. The predicted octanol–water partition coefficient (Wildman–Crippen LogP) is 3.50. The van der Waals surface area contributed by atoms with Crippen LogP contribution >= 0.6 is 0 Å². The van der Waals surface area contributed by atoms with E-state index >= 15 is 0 Å². The van der Waals surface area contributed by atoms with E-state index in [0.717, 1.165) is 5.57 Å². The maximum absolute atomic E-state index is 13.8. The normalized spacial score (nSPS) is 44.5. The molecular formula is C29H38N2O6. The number of fused-ring (bicyclic) bond motifs is 5. The van der Waals surface area contributed by atoms with E-state index in [2.05, 4.69) is 20.8 Å². The number of carbonyl (C=O) groups excluding carboxylic acids is 3. The van der Waals surface area contributed by atoms with Crippen LogP contribution in [0.1, 0.15) is 70.2 Å². The number of ketones is 2. The number of nitrogens with two attached hydrogens (primary N) is 2. The number of hydrogen-bond acceptors (Lipinski definition) is 8. The predicted molar refractivity (Wildman–Crippen MR) is 136 cm³/mol. The van der Waals surface area contributed by atoms with E-state index in [9.17, 15) is 14.4 Å². The van der Waals surface area contributed by atoms with Gasteiger partial charge < -0.3 is 25.4 Å². The molecule has 200 valence electrons. The lowest BCUT2D eigenvalue weighted by atomic mass is 9.32. The Morgan fingerprint density at radius 1 is 1.11 bits per heavy atom. The first-order valence-corrected chi connectivity index (χ1v) is 13.0. The van der Waals surface area contributed by atoms with Crippen molar-refractivity contribution in [3.63, 3.8) is 0 Å². The van der Waals surface area contributed by atoms with Crippen molar-refractivity contribution in [1.29, 1.82) is 0 Å². The summed E-state index contributed by atoms with van der Waals surface area (Å²) in [5.74, 6) is -0.941. The summed E-state index contributed by atoms with van der Waals surface area (Å²) in [7, 11) is 1.64. The minimum Gasteiger partial charge on any atom is -0.472 e. The average molecular weight is 511 g/mol. The minimum atomic E-state index is -1.44. The van der Waals surface area contributed by atoms with Gasteiger partial charge in [0.1, 0.15) is 6.26 Å². The van der Waals surface area contributed by atoms with Crippen molar-refractivity contribution in [3.05, 3.63) is 48.0 Å². The molecular weight excluding hydrogens is 472 g/mol. The van der Waals surface area contributed by atoms with Crippen LogP contribution in [0.2, 0.25) is 0 Å². The summed E-state index contributed by atoms with van der Waals surface area (Å²) in [6.45, 7) is 8.28. The zero-order valence-electron chi connectivity index (χ0n) is 22.4. The van der Waals surface area contributed by atoms with E-state index in [0.29, 0.717) is 32.1 Å². The Bertz CT molecular complexity index is 1220. The molecule has 37 heavy (non-hydrogen) atoms. The lowest BCUT2D eigenvalue weighted by Gasteiger charge is -2.74. The van der Waals surface area contributed by atoms with Crippen LogP contribution in [0.5, 0.6) is 0 Å². The quantitative estimate of drug-likeness (QED) is 0.575. The smallest absolute Gasteiger partial charge is 0.342 e. The number of carbonyl (C=O) groups is 3. The fraction of sp³-hybridized carbons (Fsp3) is 0.621. The number of furan rings is 1. The summed E-state index contributed by atoms with van der Waals surface area (Å²) >= 11 is 0. The van der Waals surface area contributed by atoms with E-state index in [1.165, 1.54) is 18.6 Å². The van der Waals surface area contributed by atoms with Crippen LogP contribution in [0.15, 0.2) is 46.8 Å². The van der Waals surface area contributed by atoms with Gasteiger partial charge in [-0.1, -0.05) is 39.3 Å². The Balaban J connectivity index is 1.70. The molecule has 4 N–H and O–H groups in total. The number of rotatable bonds is 5. The summed E-state index contributed by atoms with van der Waals surface area (Å²) < 4.78 is 17.5. The molecule has 0 saturated heterocycles. The van der Waals surface area contributed by atoms with Gasteiger partial charge in [0, 0.05) is 17.9 Å². The number of ether oxygens (including phenoxy) is 2. The van der Waals surface area contributed by atoms with Crippen LogP contribution in [0, 0.1) is 21.7 Å². The minimum absolute atomic E-state index is 0.0277. The molecule has 8 nitrogen and oxygen atoms in total. The van der Waals surface area contributed by atoms with E-state index in [-0.39, 0.29) is 23.7 Å². The monoisotopic (exact) mass is 510 g/mol. The first kappa shape index (κ1) is 26.1. The maximum Gasteiger partial charge on any atom is 0.342 e. The third kappa shape index (κ3) is 2.81. The van der Waals surface area contributed by atoms with Gasteiger partial charge in [0.05, 0.1) is 30.0 Å². The van der Waals surface area contributed by atoms with Gasteiger partial charge in [0.2, 0.25) is 0 Å². The van der Waals surface area contributed by atoms with Gasteiger partial charge in [-0.3, -0.25) is 9.59 Å². The molecule has 0 spiro atoms. The summed E-state index contributed by atoms with van der Waals surface area (Å²) in [6, 6.07) is 1.52. The zero-order valence-corrected chi connectivity index (χ0v) is 22.4. The number of hydrogen-bond donors (Lipinski definition) is 2. The molecule has 1 aromatic rings. The van der Waals surface area contributed by atoms with Gasteiger partial charge in [-0.15, -0.1) is 0 Å². The summed E-state index contributed by atoms with van der Waals surface area (Å²) in [4.78, 5) is 39.3. The van der Waals surface area contributed by atoms with Crippen LogP contribution in [0.3, 0.4) is 0 Å². The van der Waals surface area contributed by atoms with Gasteiger partial charge in [-0.2, -0.15) is 0 Å². The second-order valence-electron chi connectivity index (χ2n) is 12.3. The van der Waals surface area contributed by atoms with Crippen molar-refractivity contribution < 1.29 is 28.3 Å². The standard InChI is InChI=1S/C29H38N2O6/c1-24-9-7-20(32)14-19(24)6-10-26(3)25(2)11-12-28(21(33)16-30,37-23(34)18-8-13-36-17-18)27(25,4)15-22(35-5)29(24,26)31/h7-9,13-14,17,22H,6,10-12,15-16,30-31H2,1-5H3/t22-,24-,25-,26-,27-,28-,29-/m0/s1. The average Bonchev–Trinajstić information content (AvgIpc) is 3.49. The second kappa shape index (κ2) is 7.98. The highest BCUT2D eigenvalue weighted by molar-refractivity contribution is 6.01. The molecule has 0 aromatic carbocycles. The van der Waals surface area contributed by atoms with E-state index in [4.69, 9.17) is 25.4 Å². The van der Waals surface area contributed by atoms with Gasteiger partial charge in [-0.05, 0) is 61.2 Å². The molecule has 8 heteroatoms. The van der Waals surface area contributed by atoms with Crippen molar-refractivity contribution in [3.8, 4) is 0 Å². The van der Waals surface area contributed by atoms with Crippen LogP contribution in [-0.2, 0) is 19.1 Å². The van der Waals surface area contributed by atoms with Crippen LogP contribution in [0.25, 0.3) is 0 Å². The SMILES string of the molecule is CO[C@H]1C[C@@]2(C)[C@@](C)(CC[C@]2(OC(=O)c2ccoc2)C(=O)CN)[C@]2(C)CCC3=CC(=O)C=C[C@]3(C)[C@@]12N. The third-order valence-corrected chi connectivity index (χ3v) is 11.6. The number of Topliss-reactive ketones (excluding diaryl/α,β-unsaturated/α-hetero) is 1. The zero-order chi connectivity index (χ0) is 27.1. The van der Waals surface area contributed by atoms with Gasteiger partial charge in [-0.25, -0.2) is 4.79 Å². The van der Waals surface area contributed by atoms with Crippen molar-refractivity contribution in [2.45, 2.75) is 77.0 Å². The number of esters is 1.